The number of halogens is 1. The average Bonchev–Trinajstić information content (AvgIpc) is 2.91. The van der Waals surface area contributed by atoms with Gasteiger partial charge >= 0.3 is 0 Å². The normalized spacial score (nSPS) is 18.6. The first kappa shape index (κ1) is 16.3. The number of sulfone groups is 1. The highest BCUT2D eigenvalue weighted by Gasteiger charge is 2.19. The summed E-state index contributed by atoms with van der Waals surface area (Å²) >= 11 is 5.72. The Morgan fingerprint density at radius 2 is 2.05 bits per heavy atom. The quantitative estimate of drug-likeness (QED) is 0.862. The number of nitrogens with one attached hydrogen (secondary N) is 1. The van der Waals surface area contributed by atoms with Gasteiger partial charge in [-0.3, -0.25) is 4.79 Å². The maximum absolute atomic E-state index is 12.1. The molecule has 0 radical (unpaired) electrons. The van der Waals surface area contributed by atoms with E-state index in [1.807, 2.05) is 0 Å². The first-order chi connectivity index (χ1) is 9.97. The molecule has 0 aliphatic carbocycles. The molecule has 1 aromatic rings. The largest absolute Gasteiger partial charge is 0.378 e. The zero-order chi connectivity index (χ0) is 15.3. The monoisotopic (exact) mass is 331 g/mol. The number of carbonyl (C=O) groups is 1. The maximum atomic E-state index is 12.1. The van der Waals surface area contributed by atoms with Gasteiger partial charge in [-0.2, -0.15) is 0 Å². The van der Waals surface area contributed by atoms with Gasteiger partial charge < -0.3 is 10.1 Å². The number of ether oxygens (including phenoxy) is 1. The molecular weight excluding hydrogens is 314 g/mol. The summed E-state index contributed by atoms with van der Waals surface area (Å²) in [4.78, 5) is 11.9. The summed E-state index contributed by atoms with van der Waals surface area (Å²) in [6.45, 7) is 0.791. The van der Waals surface area contributed by atoms with Crippen LogP contribution in [0.1, 0.15) is 19.3 Å². The van der Waals surface area contributed by atoms with Crippen LogP contribution in [-0.4, -0.2) is 39.3 Å². The van der Waals surface area contributed by atoms with Crippen LogP contribution in [0.3, 0.4) is 0 Å². The Bertz CT molecular complexity index is 579. The fraction of sp³-hybridized carbons (Fsp3) is 0.500. The molecule has 0 spiro atoms. The molecule has 1 N–H and O–H groups in total. The Morgan fingerprint density at radius 3 is 2.67 bits per heavy atom. The van der Waals surface area contributed by atoms with Crippen LogP contribution in [0.25, 0.3) is 0 Å². The Labute approximate surface area is 129 Å². The molecule has 0 unspecified atom stereocenters. The van der Waals surface area contributed by atoms with Crippen LogP contribution >= 0.6 is 11.6 Å². The Balaban J connectivity index is 1.79. The molecule has 1 aromatic carbocycles. The van der Waals surface area contributed by atoms with E-state index in [1.54, 1.807) is 0 Å². The third-order valence-corrected chi connectivity index (χ3v) is 5.29. The molecule has 1 atom stereocenters. The van der Waals surface area contributed by atoms with Gasteiger partial charge in [-0.05, 0) is 37.1 Å². The molecule has 0 saturated carbocycles. The van der Waals surface area contributed by atoms with Gasteiger partial charge in [0.05, 0.1) is 23.2 Å². The van der Waals surface area contributed by atoms with Crippen LogP contribution in [0.5, 0.6) is 0 Å². The van der Waals surface area contributed by atoms with Crippen molar-refractivity contribution < 1.29 is 17.9 Å². The predicted octanol–water partition coefficient (Wildman–Crippen LogP) is 1.80. The number of rotatable bonds is 6. The standard InChI is InChI=1S/C14H18ClNO4S/c15-11-3-5-13(6-4-11)21(18,19)9-7-16-14(17)10-12-2-1-8-20-12/h3-6,12H,1-2,7-10H2,(H,16,17)/t12-/m0/s1. The highest BCUT2D eigenvalue weighted by Crippen LogP contribution is 2.16. The minimum absolute atomic E-state index is 0.0297. The van der Waals surface area contributed by atoms with Gasteiger partial charge in [-0.25, -0.2) is 8.42 Å². The van der Waals surface area contributed by atoms with Crippen molar-refractivity contribution in [2.24, 2.45) is 0 Å². The number of benzene rings is 1. The highest BCUT2D eigenvalue weighted by molar-refractivity contribution is 7.91. The van der Waals surface area contributed by atoms with Gasteiger partial charge in [0.25, 0.3) is 0 Å². The SMILES string of the molecule is O=C(C[C@@H]1CCCO1)NCCS(=O)(=O)c1ccc(Cl)cc1. The maximum Gasteiger partial charge on any atom is 0.222 e. The van der Waals surface area contributed by atoms with E-state index in [0.29, 0.717) is 18.1 Å². The summed E-state index contributed by atoms with van der Waals surface area (Å²) in [6.07, 6.45) is 2.12. The van der Waals surface area contributed by atoms with Crippen molar-refractivity contribution in [3.8, 4) is 0 Å². The molecule has 1 saturated heterocycles. The molecule has 1 aliphatic heterocycles. The lowest BCUT2D eigenvalue weighted by atomic mass is 10.2. The molecule has 7 heteroatoms. The van der Waals surface area contributed by atoms with E-state index in [9.17, 15) is 13.2 Å². The Morgan fingerprint density at radius 1 is 1.33 bits per heavy atom. The van der Waals surface area contributed by atoms with Crippen molar-refractivity contribution in [2.75, 3.05) is 18.9 Å². The number of hydrogen-bond donors (Lipinski definition) is 1. The third kappa shape index (κ3) is 4.98. The van der Waals surface area contributed by atoms with Gasteiger partial charge in [0.2, 0.25) is 5.91 Å². The van der Waals surface area contributed by atoms with Gasteiger partial charge in [0, 0.05) is 18.2 Å². The Hall–Kier alpha value is -1.11. The fourth-order valence-corrected chi connectivity index (χ4v) is 3.45. The molecule has 1 heterocycles. The minimum Gasteiger partial charge on any atom is -0.378 e. The second-order valence-electron chi connectivity index (χ2n) is 4.96. The molecule has 116 valence electrons. The predicted molar refractivity (Wildman–Crippen MR) is 80.1 cm³/mol. The van der Waals surface area contributed by atoms with E-state index in [1.165, 1.54) is 24.3 Å². The summed E-state index contributed by atoms with van der Waals surface area (Å²) in [6, 6.07) is 5.99. The van der Waals surface area contributed by atoms with Crippen LogP contribution in [0, 0.1) is 0 Å². The van der Waals surface area contributed by atoms with E-state index in [0.717, 1.165) is 12.8 Å². The second kappa shape index (κ2) is 7.24. The van der Waals surface area contributed by atoms with Crippen LogP contribution in [0.15, 0.2) is 29.2 Å². The third-order valence-electron chi connectivity index (χ3n) is 3.30. The minimum atomic E-state index is -3.40. The van der Waals surface area contributed by atoms with Crippen LogP contribution in [-0.2, 0) is 19.4 Å². The molecule has 2 rings (SSSR count). The number of amides is 1. The average molecular weight is 332 g/mol. The van der Waals surface area contributed by atoms with Gasteiger partial charge in [-0.1, -0.05) is 11.6 Å². The second-order valence-corrected chi connectivity index (χ2v) is 7.51. The number of hydrogen-bond acceptors (Lipinski definition) is 4. The summed E-state index contributed by atoms with van der Waals surface area (Å²) < 4.78 is 29.5. The molecule has 5 nitrogen and oxygen atoms in total. The molecular formula is C14H18ClNO4S. The van der Waals surface area contributed by atoms with Crippen molar-refractivity contribution in [2.45, 2.75) is 30.3 Å². The summed E-state index contributed by atoms with van der Waals surface area (Å²) in [5.74, 6) is -0.306. The van der Waals surface area contributed by atoms with Gasteiger partial charge in [0.15, 0.2) is 9.84 Å². The lowest BCUT2D eigenvalue weighted by Gasteiger charge is -2.10. The van der Waals surface area contributed by atoms with E-state index >= 15 is 0 Å². The van der Waals surface area contributed by atoms with E-state index in [-0.39, 0.29) is 29.2 Å². The zero-order valence-corrected chi connectivity index (χ0v) is 13.1. The first-order valence-electron chi connectivity index (χ1n) is 6.84. The molecule has 0 aromatic heterocycles. The zero-order valence-electron chi connectivity index (χ0n) is 11.5. The molecule has 1 amide bonds. The van der Waals surface area contributed by atoms with E-state index in [4.69, 9.17) is 16.3 Å². The fourth-order valence-electron chi connectivity index (χ4n) is 2.17. The first-order valence-corrected chi connectivity index (χ1v) is 8.87. The number of carbonyl (C=O) groups excluding carboxylic acids is 1. The summed E-state index contributed by atoms with van der Waals surface area (Å²) in [5, 5.41) is 3.11. The lowest BCUT2D eigenvalue weighted by Crippen LogP contribution is -2.31. The van der Waals surface area contributed by atoms with E-state index in [2.05, 4.69) is 5.32 Å². The van der Waals surface area contributed by atoms with Crippen molar-refractivity contribution in [3.63, 3.8) is 0 Å². The lowest BCUT2D eigenvalue weighted by molar-refractivity contribution is -0.123. The Kier molecular flexibility index (Phi) is 5.61. The summed E-state index contributed by atoms with van der Waals surface area (Å²) in [5.41, 5.74) is 0. The van der Waals surface area contributed by atoms with E-state index < -0.39 is 9.84 Å². The van der Waals surface area contributed by atoms with Crippen molar-refractivity contribution >= 4 is 27.3 Å². The molecule has 0 bridgehead atoms. The molecule has 1 fully saturated rings. The van der Waals surface area contributed by atoms with Crippen LogP contribution in [0.2, 0.25) is 5.02 Å². The smallest absolute Gasteiger partial charge is 0.222 e. The van der Waals surface area contributed by atoms with Crippen LogP contribution < -0.4 is 5.32 Å². The van der Waals surface area contributed by atoms with Crippen molar-refractivity contribution in [1.29, 1.82) is 0 Å². The van der Waals surface area contributed by atoms with Crippen LogP contribution in [0.4, 0.5) is 0 Å². The molecule has 1 aliphatic rings. The summed E-state index contributed by atoms with van der Waals surface area (Å²) in [7, 11) is -3.40. The van der Waals surface area contributed by atoms with Gasteiger partial charge in [-0.15, -0.1) is 0 Å². The van der Waals surface area contributed by atoms with Gasteiger partial charge in [0.1, 0.15) is 0 Å². The van der Waals surface area contributed by atoms with Crippen molar-refractivity contribution in [1.82, 2.24) is 5.32 Å². The van der Waals surface area contributed by atoms with Crippen molar-refractivity contribution in [3.05, 3.63) is 29.3 Å². The highest BCUT2D eigenvalue weighted by atomic mass is 35.5. The molecule has 21 heavy (non-hydrogen) atoms. The topological polar surface area (TPSA) is 72.5 Å².